The minimum absolute atomic E-state index is 0.0963. The van der Waals surface area contributed by atoms with E-state index >= 15 is 0 Å². The number of ether oxygens (including phenoxy) is 2. The second kappa shape index (κ2) is 8.51. The maximum Gasteiger partial charge on any atom is 0.230 e. The van der Waals surface area contributed by atoms with E-state index in [1.54, 1.807) is 26.4 Å². The third kappa shape index (κ3) is 5.34. The lowest BCUT2D eigenvalue weighted by Gasteiger charge is -2.16. The first-order valence-electron chi connectivity index (χ1n) is 8.43. The highest BCUT2D eigenvalue weighted by Gasteiger charge is 2.21. The van der Waals surface area contributed by atoms with E-state index in [-0.39, 0.29) is 5.91 Å². The molecule has 0 spiro atoms. The Kier molecular flexibility index (Phi) is 6.38. The van der Waals surface area contributed by atoms with Crippen LogP contribution in [0, 0.1) is 5.41 Å². The fourth-order valence-electron chi connectivity index (χ4n) is 2.17. The molecule has 1 heterocycles. The first-order valence-corrected chi connectivity index (χ1v) is 8.43. The van der Waals surface area contributed by atoms with Crippen molar-refractivity contribution in [1.29, 1.82) is 0 Å². The first-order chi connectivity index (χ1) is 12.3. The average molecular weight is 358 g/mol. The van der Waals surface area contributed by atoms with Crippen molar-refractivity contribution in [3.63, 3.8) is 0 Å². The van der Waals surface area contributed by atoms with Crippen molar-refractivity contribution in [1.82, 2.24) is 10.2 Å². The van der Waals surface area contributed by atoms with Gasteiger partial charge in [-0.3, -0.25) is 4.79 Å². The smallest absolute Gasteiger partial charge is 0.230 e. The van der Waals surface area contributed by atoms with E-state index in [1.165, 1.54) is 0 Å². The van der Waals surface area contributed by atoms with Gasteiger partial charge in [-0.2, -0.15) is 0 Å². The van der Waals surface area contributed by atoms with Crippen molar-refractivity contribution in [2.75, 3.05) is 31.4 Å². The Labute approximate surface area is 154 Å². The van der Waals surface area contributed by atoms with Crippen molar-refractivity contribution in [2.45, 2.75) is 27.2 Å². The van der Waals surface area contributed by atoms with Gasteiger partial charge in [0.1, 0.15) is 5.82 Å². The number of hydrogen-bond acceptors (Lipinski definition) is 6. The van der Waals surface area contributed by atoms with Crippen molar-refractivity contribution in [3.8, 4) is 11.5 Å². The molecule has 26 heavy (non-hydrogen) atoms. The molecule has 2 aromatic rings. The van der Waals surface area contributed by atoms with Crippen LogP contribution in [0.5, 0.6) is 11.5 Å². The van der Waals surface area contributed by atoms with Crippen molar-refractivity contribution < 1.29 is 14.3 Å². The molecule has 0 saturated carbocycles. The molecule has 7 nitrogen and oxygen atoms in total. The predicted octanol–water partition coefficient (Wildman–Crippen LogP) is 3.13. The molecule has 140 valence electrons. The lowest BCUT2D eigenvalue weighted by atomic mass is 9.96. The number of amides is 1. The molecule has 7 heteroatoms. The van der Waals surface area contributed by atoms with E-state index in [1.807, 2.05) is 39.0 Å². The van der Waals surface area contributed by atoms with Crippen LogP contribution in [0.2, 0.25) is 0 Å². The zero-order valence-corrected chi connectivity index (χ0v) is 15.9. The van der Waals surface area contributed by atoms with Crippen LogP contribution in [0.3, 0.4) is 0 Å². The number of aromatic nitrogens is 2. The minimum Gasteiger partial charge on any atom is -0.493 e. The summed E-state index contributed by atoms with van der Waals surface area (Å²) in [5.74, 6) is 2.42. The summed E-state index contributed by atoms with van der Waals surface area (Å²) in [5, 5.41) is 14.1. The molecule has 2 rings (SSSR count). The number of carbonyl (C=O) groups is 1. The van der Waals surface area contributed by atoms with E-state index < -0.39 is 5.41 Å². The number of methoxy groups -OCH3 is 2. The molecule has 0 aliphatic carbocycles. The van der Waals surface area contributed by atoms with Gasteiger partial charge in [-0.05, 0) is 36.2 Å². The SMILES string of the molecule is COc1ccc(CCNc2ccc(NC(=O)C(C)(C)C)nn2)cc1OC. The molecule has 0 saturated heterocycles. The number of nitrogens with one attached hydrogen (secondary N) is 2. The number of hydrogen-bond donors (Lipinski definition) is 2. The minimum atomic E-state index is -0.474. The van der Waals surface area contributed by atoms with Gasteiger partial charge in [0.25, 0.3) is 0 Å². The normalized spacial score (nSPS) is 11.0. The van der Waals surface area contributed by atoms with Gasteiger partial charge < -0.3 is 20.1 Å². The Morgan fingerprint density at radius 3 is 2.23 bits per heavy atom. The van der Waals surface area contributed by atoms with Crippen LogP contribution >= 0.6 is 0 Å². The van der Waals surface area contributed by atoms with Gasteiger partial charge in [-0.1, -0.05) is 26.8 Å². The zero-order valence-electron chi connectivity index (χ0n) is 15.9. The summed E-state index contributed by atoms with van der Waals surface area (Å²) >= 11 is 0. The standard InChI is InChI=1S/C19H26N4O3/c1-19(2,3)18(24)21-17-9-8-16(22-23-17)20-11-10-13-6-7-14(25-4)15(12-13)26-5/h6-9,12H,10-11H2,1-5H3,(H,20,22)(H,21,23,24). The van der Waals surface area contributed by atoms with Crippen LogP contribution < -0.4 is 20.1 Å². The highest BCUT2D eigenvalue weighted by molar-refractivity contribution is 5.93. The third-order valence-corrected chi connectivity index (χ3v) is 3.76. The average Bonchev–Trinajstić information content (AvgIpc) is 2.62. The Morgan fingerprint density at radius 1 is 1.00 bits per heavy atom. The first kappa shape index (κ1) is 19.5. The molecule has 2 N–H and O–H groups in total. The molecule has 0 aliphatic rings. The van der Waals surface area contributed by atoms with Gasteiger partial charge in [0.15, 0.2) is 17.3 Å². The number of nitrogens with zero attached hydrogens (tertiary/aromatic N) is 2. The predicted molar refractivity (Wildman–Crippen MR) is 102 cm³/mol. The second-order valence-electron chi connectivity index (χ2n) is 6.87. The molecule has 1 aromatic carbocycles. The summed E-state index contributed by atoms with van der Waals surface area (Å²) in [4.78, 5) is 11.9. The molecule has 0 unspecified atom stereocenters. The third-order valence-electron chi connectivity index (χ3n) is 3.76. The topological polar surface area (TPSA) is 85.4 Å². The number of benzene rings is 1. The van der Waals surface area contributed by atoms with E-state index in [9.17, 15) is 4.79 Å². The van der Waals surface area contributed by atoms with Gasteiger partial charge in [-0.15, -0.1) is 10.2 Å². The molecule has 1 aromatic heterocycles. The number of carbonyl (C=O) groups excluding carboxylic acids is 1. The van der Waals surface area contributed by atoms with E-state index in [0.717, 1.165) is 12.0 Å². The van der Waals surface area contributed by atoms with Crippen LogP contribution in [0.15, 0.2) is 30.3 Å². The van der Waals surface area contributed by atoms with E-state index in [0.29, 0.717) is 29.7 Å². The maximum absolute atomic E-state index is 11.9. The summed E-state index contributed by atoms with van der Waals surface area (Å²) in [5.41, 5.74) is 0.648. The number of rotatable bonds is 7. The fraction of sp³-hybridized carbons (Fsp3) is 0.421. The summed E-state index contributed by atoms with van der Waals surface area (Å²) in [7, 11) is 3.24. The Balaban J connectivity index is 1.87. The molecule has 0 fully saturated rings. The highest BCUT2D eigenvalue weighted by atomic mass is 16.5. The maximum atomic E-state index is 11.9. The monoisotopic (exact) mass is 358 g/mol. The van der Waals surface area contributed by atoms with Crippen LogP contribution in [-0.2, 0) is 11.2 Å². The Morgan fingerprint density at radius 2 is 1.65 bits per heavy atom. The van der Waals surface area contributed by atoms with Crippen LogP contribution in [-0.4, -0.2) is 36.9 Å². The van der Waals surface area contributed by atoms with Crippen LogP contribution in [0.1, 0.15) is 26.3 Å². The molecular weight excluding hydrogens is 332 g/mol. The Bertz CT molecular complexity index is 739. The summed E-state index contributed by atoms with van der Waals surface area (Å²) in [6.07, 6.45) is 0.796. The molecule has 0 atom stereocenters. The summed E-state index contributed by atoms with van der Waals surface area (Å²) in [6.45, 7) is 6.23. The van der Waals surface area contributed by atoms with Crippen LogP contribution in [0.4, 0.5) is 11.6 Å². The fourth-order valence-corrected chi connectivity index (χ4v) is 2.17. The quantitative estimate of drug-likeness (QED) is 0.791. The lowest BCUT2D eigenvalue weighted by Crippen LogP contribution is -2.28. The van der Waals surface area contributed by atoms with Crippen molar-refractivity contribution in [2.24, 2.45) is 5.41 Å². The molecule has 0 aliphatic heterocycles. The van der Waals surface area contributed by atoms with Gasteiger partial charge in [0.05, 0.1) is 14.2 Å². The summed E-state index contributed by atoms with van der Waals surface area (Å²) < 4.78 is 10.5. The van der Waals surface area contributed by atoms with E-state index in [2.05, 4.69) is 20.8 Å². The molecule has 0 radical (unpaired) electrons. The highest BCUT2D eigenvalue weighted by Crippen LogP contribution is 2.27. The van der Waals surface area contributed by atoms with E-state index in [4.69, 9.17) is 9.47 Å². The largest absolute Gasteiger partial charge is 0.493 e. The molecule has 1 amide bonds. The zero-order chi connectivity index (χ0) is 19.2. The van der Waals surface area contributed by atoms with Gasteiger partial charge in [0.2, 0.25) is 5.91 Å². The van der Waals surface area contributed by atoms with Gasteiger partial charge >= 0.3 is 0 Å². The van der Waals surface area contributed by atoms with Gasteiger partial charge in [-0.25, -0.2) is 0 Å². The van der Waals surface area contributed by atoms with Crippen molar-refractivity contribution >= 4 is 17.5 Å². The van der Waals surface area contributed by atoms with Gasteiger partial charge in [0, 0.05) is 12.0 Å². The molecular formula is C19H26N4O3. The Hall–Kier alpha value is -2.83. The lowest BCUT2D eigenvalue weighted by molar-refractivity contribution is -0.123. The van der Waals surface area contributed by atoms with Crippen molar-refractivity contribution in [3.05, 3.63) is 35.9 Å². The molecule has 0 bridgehead atoms. The van der Waals surface area contributed by atoms with Crippen LogP contribution in [0.25, 0.3) is 0 Å². The summed E-state index contributed by atoms with van der Waals surface area (Å²) in [6, 6.07) is 9.37. The second-order valence-corrected chi connectivity index (χ2v) is 6.87. The number of anilines is 2.